The molecule has 0 unspecified atom stereocenters. The van der Waals surface area contributed by atoms with Crippen LogP contribution >= 0.6 is 23.5 Å². The summed E-state index contributed by atoms with van der Waals surface area (Å²) in [6.45, 7) is 4.28. The standard InChI is InChI=1S/C9H14BrO4P/c1-3-12-15(11,13-4-2)7-8-5-6-9(10)14-8/h5-6H,3-4,7H2,1-2H3. The number of hydrogen-bond acceptors (Lipinski definition) is 4. The van der Waals surface area contributed by atoms with Gasteiger partial charge in [-0.3, -0.25) is 4.57 Å². The first kappa shape index (κ1) is 13.0. The third-order valence-corrected chi connectivity index (χ3v) is 4.06. The van der Waals surface area contributed by atoms with E-state index in [0.29, 0.717) is 23.6 Å². The highest BCUT2D eigenvalue weighted by Gasteiger charge is 2.25. The minimum Gasteiger partial charge on any atom is -0.454 e. The van der Waals surface area contributed by atoms with Gasteiger partial charge in [0.2, 0.25) is 0 Å². The van der Waals surface area contributed by atoms with Crippen molar-refractivity contribution in [2.45, 2.75) is 20.0 Å². The lowest BCUT2D eigenvalue weighted by molar-refractivity contribution is 0.217. The summed E-state index contributed by atoms with van der Waals surface area (Å²) in [5, 5.41) is 0. The molecule has 0 N–H and O–H groups in total. The van der Waals surface area contributed by atoms with E-state index < -0.39 is 7.60 Å². The summed E-state index contributed by atoms with van der Waals surface area (Å²) >= 11 is 3.18. The minimum atomic E-state index is -3.04. The van der Waals surface area contributed by atoms with Crippen LogP contribution in [-0.4, -0.2) is 13.2 Å². The van der Waals surface area contributed by atoms with E-state index in [1.165, 1.54) is 0 Å². The largest absolute Gasteiger partial charge is 0.454 e. The van der Waals surface area contributed by atoms with Crippen molar-refractivity contribution in [2.24, 2.45) is 0 Å². The van der Waals surface area contributed by atoms with Gasteiger partial charge in [0.25, 0.3) is 0 Å². The summed E-state index contributed by atoms with van der Waals surface area (Å²) in [5.41, 5.74) is 0. The predicted octanol–water partition coefficient (Wildman–Crippen LogP) is 3.81. The van der Waals surface area contributed by atoms with Gasteiger partial charge < -0.3 is 13.5 Å². The van der Waals surface area contributed by atoms with Gasteiger partial charge in [-0.1, -0.05) is 0 Å². The molecule has 0 atom stereocenters. The Morgan fingerprint density at radius 1 is 1.33 bits per heavy atom. The third kappa shape index (κ3) is 4.11. The zero-order valence-corrected chi connectivity index (χ0v) is 11.2. The van der Waals surface area contributed by atoms with Crippen LogP contribution in [0.5, 0.6) is 0 Å². The van der Waals surface area contributed by atoms with E-state index in [0.717, 1.165) is 0 Å². The smallest absolute Gasteiger partial charge is 0.338 e. The summed E-state index contributed by atoms with van der Waals surface area (Å²) in [4.78, 5) is 0. The number of rotatable bonds is 6. The molecule has 0 saturated heterocycles. The maximum atomic E-state index is 12.1. The first-order chi connectivity index (χ1) is 7.09. The second-order valence-electron chi connectivity index (χ2n) is 2.81. The Balaban J connectivity index is 2.70. The lowest BCUT2D eigenvalue weighted by Crippen LogP contribution is -1.98. The fourth-order valence-electron chi connectivity index (χ4n) is 1.15. The van der Waals surface area contributed by atoms with Crippen LogP contribution < -0.4 is 0 Å². The van der Waals surface area contributed by atoms with E-state index in [1.54, 1.807) is 26.0 Å². The molecule has 0 aliphatic heterocycles. The molecular formula is C9H14BrO4P. The van der Waals surface area contributed by atoms with Gasteiger partial charge in [-0.25, -0.2) is 0 Å². The molecule has 4 nitrogen and oxygen atoms in total. The molecule has 0 aromatic carbocycles. The molecule has 1 heterocycles. The summed E-state index contributed by atoms with van der Waals surface area (Å²) in [5.74, 6) is 0.590. The van der Waals surface area contributed by atoms with Crippen molar-refractivity contribution >= 4 is 23.5 Å². The highest BCUT2D eigenvalue weighted by molar-refractivity contribution is 9.10. The maximum Gasteiger partial charge on any atom is 0.338 e. The van der Waals surface area contributed by atoms with E-state index in [9.17, 15) is 4.57 Å². The predicted molar refractivity (Wildman–Crippen MR) is 61.0 cm³/mol. The second-order valence-corrected chi connectivity index (χ2v) is 5.65. The molecular weight excluding hydrogens is 283 g/mol. The normalized spacial score (nSPS) is 11.9. The summed E-state index contributed by atoms with van der Waals surface area (Å²) < 4.78 is 28.2. The van der Waals surface area contributed by atoms with Crippen LogP contribution in [0.3, 0.4) is 0 Å². The molecule has 0 spiro atoms. The van der Waals surface area contributed by atoms with Crippen molar-refractivity contribution in [1.29, 1.82) is 0 Å². The van der Waals surface area contributed by atoms with Crippen molar-refractivity contribution in [3.05, 3.63) is 22.6 Å². The molecule has 15 heavy (non-hydrogen) atoms. The Labute approximate surface area is 97.6 Å². The monoisotopic (exact) mass is 296 g/mol. The van der Waals surface area contributed by atoms with Gasteiger partial charge in [0.1, 0.15) is 11.9 Å². The fourth-order valence-corrected chi connectivity index (χ4v) is 3.09. The Kier molecular flexibility index (Phi) is 5.06. The molecule has 0 aliphatic carbocycles. The molecule has 86 valence electrons. The topological polar surface area (TPSA) is 48.7 Å². The summed E-state index contributed by atoms with van der Waals surface area (Å²) in [6.07, 6.45) is 0.167. The first-order valence-corrected chi connectivity index (χ1v) is 7.24. The van der Waals surface area contributed by atoms with Crippen molar-refractivity contribution in [3.63, 3.8) is 0 Å². The number of furan rings is 1. The van der Waals surface area contributed by atoms with E-state index in [1.807, 2.05) is 0 Å². The molecule has 1 rings (SSSR count). The lowest BCUT2D eigenvalue weighted by atomic mass is 10.5. The van der Waals surface area contributed by atoms with Crippen molar-refractivity contribution in [1.82, 2.24) is 0 Å². The molecule has 0 radical (unpaired) electrons. The van der Waals surface area contributed by atoms with Crippen molar-refractivity contribution in [2.75, 3.05) is 13.2 Å². The first-order valence-electron chi connectivity index (χ1n) is 4.72. The second kappa shape index (κ2) is 5.85. The van der Waals surface area contributed by atoms with Crippen LogP contribution in [0.25, 0.3) is 0 Å². The Morgan fingerprint density at radius 2 is 1.93 bits per heavy atom. The molecule has 0 aliphatic rings. The third-order valence-electron chi connectivity index (χ3n) is 1.63. The summed E-state index contributed by atoms with van der Waals surface area (Å²) in [6, 6.07) is 3.49. The van der Waals surface area contributed by atoms with Crippen LogP contribution in [0.4, 0.5) is 0 Å². The molecule has 0 saturated carbocycles. The van der Waals surface area contributed by atoms with Crippen molar-refractivity contribution in [3.8, 4) is 0 Å². The summed E-state index contributed by atoms with van der Waals surface area (Å²) in [7, 11) is -3.04. The van der Waals surface area contributed by atoms with Crippen LogP contribution in [0.15, 0.2) is 21.2 Å². The van der Waals surface area contributed by atoms with Crippen LogP contribution in [0.2, 0.25) is 0 Å². The maximum absolute atomic E-state index is 12.1. The Hall–Kier alpha value is -0.0900. The zero-order chi connectivity index (χ0) is 11.3. The highest BCUT2D eigenvalue weighted by Crippen LogP contribution is 2.51. The molecule has 6 heteroatoms. The highest BCUT2D eigenvalue weighted by atomic mass is 79.9. The molecule has 0 bridgehead atoms. The van der Waals surface area contributed by atoms with Gasteiger partial charge in [0.15, 0.2) is 4.67 Å². The zero-order valence-electron chi connectivity index (χ0n) is 8.73. The molecule has 1 aromatic rings. The van der Waals surface area contributed by atoms with E-state index in [-0.39, 0.29) is 6.16 Å². The number of hydrogen-bond donors (Lipinski definition) is 0. The van der Waals surface area contributed by atoms with Gasteiger partial charge in [-0.05, 0) is 41.9 Å². The molecule has 1 aromatic heterocycles. The molecule has 0 fully saturated rings. The average Bonchev–Trinajstić information content (AvgIpc) is 2.51. The van der Waals surface area contributed by atoms with Crippen LogP contribution in [0, 0.1) is 0 Å². The molecule has 0 amide bonds. The van der Waals surface area contributed by atoms with Gasteiger partial charge in [-0.15, -0.1) is 0 Å². The lowest BCUT2D eigenvalue weighted by Gasteiger charge is -2.15. The van der Waals surface area contributed by atoms with E-state index in [2.05, 4.69) is 15.9 Å². The van der Waals surface area contributed by atoms with Gasteiger partial charge in [0.05, 0.1) is 13.2 Å². The Bertz CT molecular complexity index is 340. The number of halogens is 1. The van der Waals surface area contributed by atoms with Crippen LogP contribution in [-0.2, 0) is 19.8 Å². The SMILES string of the molecule is CCOP(=O)(Cc1ccc(Br)o1)OCC. The van der Waals surface area contributed by atoms with Crippen molar-refractivity contribution < 1.29 is 18.0 Å². The quantitative estimate of drug-likeness (QED) is 0.749. The van der Waals surface area contributed by atoms with E-state index in [4.69, 9.17) is 13.5 Å². The average molecular weight is 297 g/mol. The van der Waals surface area contributed by atoms with Gasteiger partial charge in [-0.2, -0.15) is 0 Å². The Morgan fingerprint density at radius 3 is 2.33 bits per heavy atom. The van der Waals surface area contributed by atoms with Crippen LogP contribution in [0.1, 0.15) is 19.6 Å². The van der Waals surface area contributed by atoms with Gasteiger partial charge >= 0.3 is 7.60 Å². The minimum absolute atomic E-state index is 0.167. The van der Waals surface area contributed by atoms with E-state index >= 15 is 0 Å². The fraction of sp³-hybridized carbons (Fsp3) is 0.556. The van der Waals surface area contributed by atoms with Gasteiger partial charge in [0, 0.05) is 0 Å².